The lowest BCUT2D eigenvalue weighted by atomic mass is 10.3. The van der Waals surface area contributed by atoms with Crippen LogP contribution >= 0.6 is 33.9 Å². The van der Waals surface area contributed by atoms with Crippen LogP contribution in [0, 0.1) is 2.88 Å². The molecule has 2 aromatic heterocycles. The molecule has 1 N–H and O–H groups in total. The van der Waals surface area contributed by atoms with Gasteiger partial charge in [-0.15, -0.1) is 11.3 Å². The van der Waals surface area contributed by atoms with Crippen LogP contribution in [-0.2, 0) is 11.3 Å². The van der Waals surface area contributed by atoms with Crippen molar-refractivity contribution in [2.45, 2.75) is 6.54 Å². The molecular formula is C13H13IN2O3S. The highest BCUT2D eigenvalue weighted by Gasteiger charge is 2.09. The zero-order chi connectivity index (χ0) is 14.5. The number of halogens is 1. The van der Waals surface area contributed by atoms with Gasteiger partial charge >= 0.3 is 0 Å². The summed E-state index contributed by atoms with van der Waals surface area (Å²) in [5, 5.41) is 4.58. The monoisotopic (exact) mass is 404 g/mol. The van der Waals surface area contributed by atoms with Gasteiger partial charge in [0.1, 0.15) is 0 Å². The van der Waals surface area contributed by atoms with Gasteiger partial charge in [0.2, 0.25) is 0 Å². The minimum absolute atomic E-state index is 0.120. The summed E-state index contributed by atoms with van der Waals surface area (Å²) in [5.74, 6) is -0.180. The van der Waals surface area contributed by atoms with E-state index in [0.29, 0.717) is 24.4 Å². The second kappa shape index (κ2) is 7.00. The summed E-state index contributed by atoms with van der Waals surface area (Å²) in [6, 6.07) is 4.85. The summed E-state index contributed by atoms with van der Waals surface area (Å²) in [6.07, 6.45) is 1.62. The van der Waals surface area contributed by atoms with Crippen LogP contribution in [-0.4, -0.2) is 24.2 Å². The molecule has 7 heteroatoms. The van der Waals surface area contributed by atoms with E-state index in [1.165, 1.54) is 22.0 Å². The number of nitrogens with zero attached hydrogens (tertiary/aromatic N) is 1. The number of hydrogen-bond donors (Lipinski definition) is 1. The molecule has 0 aliphatic carbocycles. The predicted octanol–water partition coefficient (Wildman–Crippen LogP) is 2.41. The van der Waals surface area contributed by atoms with Gasteiger partial charge in [0.15, 0.2) is 0 Å². The van der Waals surface area contributed by atoms with E-state index >= 15 is 0 Å². The third-order valence-electron chi connectivity index (χ3n) is 2.61. The lowest BCUT2D eigenvalue weighted by molar-refractivity contribution is 0.102. The van der Waals surface area contributed by atoms with E-state index < -0.39 is 0 Å². The standard InChI is InChI=1S/C13H13IN2O3S/c1-19-5-4-16-7-10(2-3-12(16)17)15-13(18)9-6-11(14)20-8-9/h2-3,6-8H,4-5H2,1H3,(H,15,18). The van der Waals surface area contributed by atoms with Crippen LogP contribution in [0.15, 0.2) is 34.6 Å². The van der Waals surface area contributed by atoms with Crippen molar-refractivity contribution < 1.29 is 9.53 Å². The Balaban J connectivity index is 2.13. The van der Waals surface area contributed by atoms with Crippen molar-refractivity contribution in [3.8, 4) is 0 Å². The second-order valence-corrected chi connectivity index (χ2v) is 6.84. The number of amides is 1. The molecule has 0 atom stereocenters. The summed E-state index contributed by atoms with van der Waals surface area (Å²) < 4.78 is 7.51. The van der Waals surface area contributed by atoms with Gasteiger partial charge in [0.05, 0.1) is 20.7 Å². The van der Waals surface area contributed by atoms with E-state index in [1.807, 2.05) is 6.07 Å². The van der Waals surface area contributed by atoms with Gasteiger partial charge in [0.25, 0.3) is 11.5 Å². The molecule has 106 valence electrons. The number of rotatable bonds is 5. The number of aromatic nitrogens is 1. The molecule has 2 heterocycles. The van der Waals surface area contributed by atoms with Crippen molar-refractivity contribution in [2.75, 3.05) is 19.0 Å². The topological polar surface area (TPSA) is 60.3 Å². The molecule has 2 aromatic rings. The molecule has 2 rings (SSSR count). The number of methoxy groups -OCH3 is 1. The van der Waals surface area contributed by atoms with Gasteiger partial charge in [-0.25, -0.2) is 0 Å². The van der Waals surface area contributed by atoms with Crippen molar-refractivity contribution in [3.63, 3.8) is 0 Å². The first-order chi connectivity index (χ1) is 9.60. The highest BCUT2D eigenvalue weighted by Crippen LogP contribution is 2.17. The Bertz CT molecular complexity index is 666. The molecule has 5 nitrogen and oxygen atoms in total. The molecule has 0 unspecified atom stereocenters. The van der Waals surface area contributed by atoms with E-state index in [4.69, 9.17) is 4.74 Å². The SMILES string of the molecule is COCCn1cc(NC(=O)c2csc(I)c2)ccc1=O. The van der Waals surface area contributed by atoms with E-state index in [0.717, 1.165) is 2.88 Å². The van der Waals surface area contributed by atoms with Crippen LogP contribution in [0.5, 0.6) is 0 Å². The van der Waals surface area contributed by atoms with Crippen LogP contribution in [0.3, 0.4) is 0 Å². The fourth-order valence-corrected chi connectivity index (χ4v) is 2.93. The Hall–Kier alpha value is -1.19. The Kier molecular flexibility index (Phi) is 5.32. The maximum Gasteiger partial charge on any atom is 0.256 e. The molecule has 0 saturated heterocycles. The third kappa shape index (κ3) is 3.90. The van der Waals surface area contributed by atoms with Crippen LogP contribution in [0.4, 0.5) is 5.69 Å². The number of nitrogens with one attached hydrogen (secondary N) is 1. The average Bonchev–Trinajstić information content (AvgIpc) is 2.86. The number of pyridine rings is 1. The lowest BCUT2D eigenvalue weighted by Crippen LogP contribution is -2.22. The van der Waals surface area contributed by atoms with Gasteiger partial charge in [-0.05, 0) is 34.7 Å². The zero-order valence-corrected chi connectivity index (χ0v) is 13.7. The number of ether oxygens (including phenoxy) is 1. The van der Waals surface area contributed by atoms with Crippen molar-refractivity contribution in [2.24, 2.45) is 0 Å². The van der Waals surface area contributed by atoms with Crippen molar-refractivity contribution in [1.82, 2.24) is 4.57 Å². The summed E-state index contributed by atoms with van der Waals surface area (Å²) >= 11 is 3.68. The number of carbonyl (C=O) groups excluding carboxylic acids is 1. The first-order valence-electron chi connectivity index (χ1n) is 5.85. The Labute approximate surface area is 133 Å². The van der Waals surface area contributed by atoms with E-state index in [2.05, 4.69) is 27.9 Å². The highest BCUT2D eigenvalue weighted by atomic mass is 127. The molecule has 20 heavy (non-hydrogen) atoms. The van der Waals surface area contributed by atoms with Crippen LogP contribution in [0.1, 0.15) is 10.4 Å². The van der Waals surface area contributed by atoms with Gasteiger partial charge in [0, 0.05) is 31.3 Å². The maximum absolute atomic E-state index is 12.0. The molecule has 1 amide bonds. The van der Waals surface area contributed by atoms with Gasteiger partial charge in [-0.1, -0.05) is 0 Å². The van der Waals surface area contributed by atoms with Crippen molar-refractivity contribution >= 4 is 45.5 Å². The molecule has 0 aliphatic heterocycles. The number of thiophene rings is 1. The second-order valence-electron chi connectivity index (χ2n) is 4.04. The lowest BCUT2D eigenvalue weighted by Gasteiger charge is -2.08. The van der Waals surface area contributed by atoms with E-state index in [-0.39, 0.29) is 11.5 Å². The Morgan fingerprint density at radius 1 is 1.50 bits per heavy atom. The minimum atomic E-state index is -0.180. The fraction of sp³-hybridized carbons (Fsp3) is 0.231. The zero-order valence-electron chi connectivity index (χ0n) is 10.8. The summed E-state index contributed by atoms with van der Waals surface area (Å²) in [5.41, 5.74) is 1.09. The number of carbonyl (C=O) groups is 1. The van der Waals surface area contributed by atoms with Gasteiger partial charge < -0.3 is 14.6 Å². The summed E-state index contributed by atoms with van der Waals surface area (Å²) in [4.78, 5) is 23.6. The van der Waals surface area contributed by atoms with E-state index in [9.17, 15) is 9.59 Å². The first kappa shape index (κ1) is 15.2. The third-order valence-corrected chi connectivity index (χ3v) is 4.40. The summed E-state index contributed by atoms with van der Waals surface area (Å²) in [6.45, 7) is 0.898. The predicted molar refractivity (Wildman–Crippen MR) is 87.6 cm³/mol. The largest absolute Gasteiger partial charge is 0.383 e. The van der Waals surface area contributed by atoms with Gasteiger partial charge in [-0.3, -0.25) is 9.59 Å². The maximum atomic E-state index is 12.0. The minimum Gasteiger partial charge on any atom is -0.383 e. The molecule has 0 fully saturated rings. The molecule has 0 spiro atoms. The first-order valence-corrected chi connectivity index (χ1v) is 7.81. The molecular weight excluding hydrogens is 391 g/mol. The molecule has 0 bridgehead atoms. The van der Waals surface area contributed by atoms with Crippen molar-refractivity contribution in [3.05, 3.63) is 48.6 Å². The quantitative estimate of drug-likeness (QED) is 0.779. The molecule has 0 aromatic carbocycles. The van der Waals surface area contributed by atoms with Crippen molar-refractivity contribution in [1.29, 1.82) is 0 Å². The number of anilines is 1. The molecule has 0 radical (unpaired) electrons. The fourth-order valence-electron chi connectivity index (χ4n) is 1.60. The highest BCUT2D eigenvalue weighted by molar-refractivity contribution is 14.1. The average molecular weight is 404 g/mol. The van der Waals surface area contributed by atoms with Crippen LogP contribution in [0.2, 0.25) is 0 Å². The normalized spacial score (nSPS) is 10.5. The van der Waals surface area contributed by atoms with E-state index in [1.54, 1.807) is 24.8 Å². The smallest absolute Gasteiger partial charge is 0.256 e. The van der Waals surface area contributed by atoms with Gasteiger partial charge in [-0.2, -0.15) is 0 Å². The van der Waals surface area contributed by atoms with Crippen LogP contribution < -0.4 is 10.9 Å². The van der Waals surface area contributed by atoms with Crippen LogP contribution in [0.25, 0.3) is 0 Å². The number of hydrogen-bond acceptors (Lipinski definition) is 4. The molecule has 0 saturated carbocycles. The molecule has 0 aliphatic rings. The Morgan fingerprint density at radius 3 is 2.95 bits per heavy atom. The Morgan fingerprint density at radius 2 is 2.30 bits per heavy atom. The summed E-state index contributed by atoms with van der Waals surface area (Å²) in [7, 11) is 1.58.